The lowest BCUT2D eigenvalue weighted by molar-refractivity contribution is -0.136. The Kier molecular flexibility index (Phi) is 4.84. The summed E-state index contributed by atoms with van der Waals surface area (Å²) in [5.41, 5.74) is -0.654. The molecule has 0 unspecified atom stereocenters. The van der Waals surface area contributed by atoms with Gasteiger partial charge in [-0.3, -0.25) is 9.59 Å². The molecule has 1 rings (SSSR count). The second-order valence-electron chi connectivity index (χ2n) is 3.00. The monoisotopic (exact) mass is 262 g/mol. The maximum atomic E-state index is 13.1. The lowest BCUT2D eigenvalue weighted by Crippen LogP contribution is -2.36. The van der Waals surface area contributed by atoms with Crippen molar-refractivity contribution >= 4 is 29.1 Å². The predicted molar refractivity (Wildman–Crippen MR) is 58.7 cm³/mol. The van der Waals surface area contributed by atoms with Crippen molar-refractivity contribution in [3.05, 3.63) is 29.8 Å². The van der Waals surface area contributed by atoms with Crippen molar-refractivity contribution in [2.45, 2.75) is 0 Å². The summed E-state index contributed by atoms with van der Waals surface area (Å²) in [7, 11) is 0. The van der Waals surface area contributed by atoms with Crippen molar-refractivity contribution in [3.63, 3.8) is 0 Å². The Balaban J connectivity index is 2.71. The number of benzene rings is 1. The Bertz CT molecular complexity index is 420. The van der Waals surface area contributed by atoms with Crippen LogP contribution >= 0.6 is 11.6 Å². The van der Waals surface area contributed by atoms with Crippen LogP contribution in [0.25, 0.3) is 0 Å². The van der Waals surface area contributed by atoms with Crippen LogP contribution in [0.4, 0.5) is 14.5 Å². The molecule has 92 valence electrons. The summed E-state index contributed by atoms with van der Waals surface area (Å²) in [6.07, 6.45) is 0. The maximum absolute atomic E-state index is 13.1. The minimum absolute atomic E-state index is 0.0908. The zero-order valence-electron chi connectivity index (χ0n) is 8.60. The topological polar surface area (TPSA) is 58.2 Å². The van der Waals surface area contributed by atoms with Crippen molar-refractivity contribution in [1.29, 1.82) is 0 Å². The molecular formula is C10H9ClF2N2O2. The summed E-state index contributed by atoms with van der Waals surface area (Å²) in [6, 6.07) is 3.08. The first-order chi connectivity index (χ1) is 8.06. The van der Waals surface area contributed by atoms with Crippen LogP contribution in [-0.4, -0.2) is 24.2 Å². The lowest BCUT2D eigenvalue weighted by Gasteiger charge is -2.07. The molecule has 0 radical (unpaired) electrons. The van der Waals surface area contributed by atoms with Gasteiger partial charge in [0.2, 0.25) is 0 Å². The van der Waals surface area contributed by atoms with Crippen LogP contribution in [0.2, 0.25) is 0 Å². The molecule has 0 saturated carbocycles. The number of amides is 2. The number of rotatable bonds is 3. The molecule has 0 spiro atoms. The molecule has 0 aliphatic rings. The number of halogens is 3. The Labute approximate surface area is 101 Å². The highest BCUT2D eigenvalue weighted by Gasteiger charge is 2.17. The van der Waals surface area contributed by atoms with E-state index in [1.807, 2.05) is 5.32 Å². The Hall–Kier alpha value is -1.69. The first kappa shape index (κ1) is 13.4. The average Bonchev–Trinajstić information content (AvgIpc) is 2.30. The normalized spacial score (nSPS) is 9.82. The van der Waals surface area contributed by atoms with Crippen LogP contribution < -0.4 is 10.6 Å². The highest BCUT2D eigenvalue weighted by molar-refractivity contribution is 6.39. The van der Waals surface area contributed by atoms with Gasteiger partial charge in [0.15, 0.2) is 0 Å². The largest absolute Gasteiger partial charge is 0.347 e. The minimum Gasteiger partial charge on any atom is -0.347 e. The van der Waals surface area contributed by atoms with E-state index in [4.69, 9.17) is 11.6 Å². The Morgan fingerprint density at radius 2 is 1.76 bits per heavy atom. The van der Waals surface area contributed by atoms with E-state index in [1.54, 1.807) is 0 Å². The van der Waals surface area contributed by atoms with E-state index < -0.39 is 29.1 Å². The molecule has 2 N–H and O–H groups in total. The molecule has 1 aromatic rings. The van der Waals surface area contributed by atoms with Crippen LogP contribution in [0, 0.1) is 11.6 Å². The molecule has 0 heterocycles. The van der Waals surface area contributed by atoms with Crippen molar-refractivity contribution in [2.24, 2.45) is 0 Å². The molecule has 0 atom stereocenters. The SMILES string of the molecule is O=C(NCCCl)C(=O)Nc1c(F)cccc1F. The Morgan fingerprint density at radius 3 is 2.29 bits per heavy atom. The fourth-order valence-electron chi connectivity index (χ4n) is 1.03. The number of carbonyl (C=O) groups excluding carboxylic acids is 2. The second-order valence-corrected chi connectivity index (χ2v) is 3.37. The number of hydrogen-bond donors (Lipinski definition) is 2. The number of para-hydroxylation sites is 1. The number of hydrogen-bond acceptors (Lipinski definition) is 2. The van der Waals surface area contributed by atoms with Gasteiger partial charge in [-0.05, 0) is 12.1 Å². The van der Waals surface area contributed by atoms with Gasteiger partial charge in [0, 0.05) is 12.4 Å². The van der Waals surface area contributed by atoms with Crippen LogP contribution in [-0.2, 0) is 9.59 Å². The summed E-state index contributed by atoms with van der Waals surface area (Å²) < 4.78 is 26.2. The highest BCUT2D eigenvalue weighted by Crippen LogP contribution is 2.17. The lowest BCUT2D eigenvalue weighted by atomic mass is 10.3. The maximum Gasteiger partial charge on any atom is 0.313 e. The molecule has 1 aromatic carbocycles. The molecule has 0 bridgehead atoms. The number of carbonyl (C=O) groups is 2. The second kappa shape index (κ2) is 6.15. The molecule has 7 heteroatoms. The van der Waals surface area contributed by atoms with Crippen LogP contribution in [0.15, 0.2) is 18.2 Å². The van der Waals surface area contributed by atoms with Crippen molar-refractivity contribution in [2.75, 3.05) is 17.7 Å². The summed E-state index contributed by atoms with van der Waals surface area (Å²) in [6.45, 7) is 0.0908. The van der Waals surface area contributed by atoms with Gasteiger partial charge in [0.1, 0.15) is 17.3 Å². The summed E-state index contributed by atoms with van der Waals surface area (Å²) >= 11 is 5.29. The fourth-order valence-corrected chi connectivity index (χ4v) is 1.12. The molecule has 0 aliphatic carbocycles. The average molecular weight is 263 g/mol. The molecule has 0 aliphatic heterocycles. The van der Waals surface area contributed by atoms with E-state index in [-0.39, 0.29) is 12.4 Å². The highest BCUT2D eigenvalue weighted by atomic mass is 35.5. The van der Waals surface area contributed by atoms with Crippen LogP contribution in [0.3, 0.4) is 0 Å². The van der Waals surface area contributed by atoms with E-state index in [0.29, 0.717) is 0 Å². The molecular weight excluding hydrogens is 254 g/mol. The van der Waals surface area contributed by atoms with Crippen LogP contribution in [0.5, 0.6) is 0 Å². The molecule has 4 nitrogen and oxygen atoms in total. The van der Waals surface area contributed by atoms with Crippen LogP contribution in [0.1, 0.15) is 0 Å². The fraction of sp³-hybridized carbons (Fsp3) is 0.200. The van der Waals surface area contributed by atoms with E-state index in [1.165, 1.54) is 0 Å². The first-order valence-corrected chi connectivity index (χ1v) is 5.19. The molecule has 0 aromatic heterocycles. The van der Waals surface area contributed by atoms with Crippen molar-refractivity contribution < 1.29 is 18.4 Å². The van der Waals surface area contributed by atoms with E-state index in [0.717, 1.165) is 18.2 Å². The third-order valence-electron chi connectivity index (χ3n) is 1.79. The minimum atomic E-state index is -1.15. The van der Waals surface area contributed by atoms with Crippen molar-refractivity contribution in [1.82, 2.24) is 5.32 Å². The van der Waals surface area contributed by atoms with E-state index >= 15 is 0 Å². The van der Waals surface area contributed by atoms with Gasteiger partial charge in [0.25, 0.3) is 0 Å². The summed E-state index contributed by atoms with van der Waals surface area (Å²) in [5.74, 6) is -3.94. The molecule has 2 amide bonds. The smallest absolute Gasteiger partial charge is 0.313 e. The van der Waals surface area contributed by atoms with Gasteiger partial charge in [-0.15, -0.1) is 11.6 Å². The zero-order valence-corrected chi connectivity index (χ0v) is 9.35. The third kappa shape index (κ3) is 3.67. The first-order valence-electron chi connectivity index (χ1n) is 4.65. The third-order valence-corrected chi connectivity index (χ3v) is 1.98. The summed E-state index contributed by atoms with van der Waals surface area (Å²) in [5, 5.41) is 4.01. The van der Waals surface area contributed by atoms with E-state index in [9.17, 15) is 18.4 Å². The quantitative estimate of drug-likeness (QED) is 0.636. The van der Waals surface area contributed by atoms with E-state index in [2.05, 4.69) is 5.32 Å². The number of alkyl halides is 1. The Morgan fingerprint density at radius 1 is 1.18 bits per heavy atom. The predicted octanol–water partition coefficient (Wildman–Crippen LogP) is 1.26. The molecule has 0 fully saturated rings. The molecule has 0 saturated heterocycles. The van der Waals surface area contributed by atoms with Gasteiger partial charge in [-0.25, -0.2) is 8.78 Å². The number of nitrogens with one attached hydrogen (secondary N) is 2. The summed E-state index contributed by atoms with van der Waals surface area (Å²) in [4.78, 5) is 22.3. The van der Waals surface area contributed by atoms with Gasteiger partial charge < -0.3 is 10.6 Å². The number of anilines is 1. The van der Waals surface area contributed by atoms with Gasteiger partial charge >= 0.3 is 11.8 Å². The zero-order chi connectivity index (χ0) is 12.8. The standard InChI is InChI=1S/C10H9ClF2N2O2/c11-4-5-14-9(16)10(17)15-8-6(12)2-1-3-7(8)13/h1-3H,4-5H2,(H,14,16)(H,15,17). The van der Waals surface area contributed by atoms with Crippen molar-refractivity contribution in [3.8, 4) is 0 Å². The van der Waals surface area contributed by atoms with Gasteiger partial charge in [0.05, 0.1) is 0 Å². The molecule has 17 heavy (non-hydrogen) atoms. The van der Waals surface area contributed by atoms with Gasteiger partial charge in [-0.1, -0.05) is 6.07 Å². The van der Waals surface area contributed by atoms with Gasteiger partial charge in [-0.2, -0.15) is 0 Å².